The maximum Gasteiger partial charge on any atom is 0.110 e. The van der Waals surface area contributed by atoms with Gasteiger partial charge in [-0.15, -0.1) is 11.3 Å². The van der Waals surface area contributed by atoms with Crippen LogP contribution in [0.5, 0.6) is 0 Å². The van der Waals surface area contributed by atoms with Crippen molar-refractivity contribution in [2.24, 2.45) is 0 Å². The lowest BCUT2D eigenvalue weighted by Gasteiger charge is -2.13. The summed E-state index contributed by atoms with van der Waals surface area (Å²) in [5.74, 6) is 1.69. The molecule has 1 aliphatic rings. The van der Waals surface area contributed by atoms with Crippen molar-refractivity contribution in [1.82, 2.24) is 24.8 Å². The van der Waals surface area contributed by atoms with Gasteiger partial charge in [-0.05, 0) is 27.1 Å². The van der Waals surface area contributed by atoms with Gasteiger partial charge in [0.25, 0.3) is 0 Å². The predicted octanol–water partition coefficient (Wildman–Crippen LogP) is 1.92. The minimum absolute atomic E-state index is 0.541. The van der Waals surface area contributed by atoms with Crippen molar-refractivity contribution < 1.29 is 0 Å². The minimum atomic E-state index is 0.541. The van der Waals surface area contributed by atoms with Gasteiger partial charge in [-0.1, -0.05) is 0 Å². The Balaban J connectivity index is 1.58. The van der Waals surface area contributed by atoms with Gasteiger partial charge in [-0.2, -0.15) is 0 Å². The fourth-order valence-electron chi connectivity index (χ4n) is 2.75. The van der Waals surface area contributed by atoms with Gasteiger partial charge in [-0.3, -0.25) is 9.88 Å². The Morgan fingerprint density at radius 2 is 2.35 bits per heavy atom. The third-order valence-corrected chi connectivity index (χ3v) is 4.42. The van der Waals surface area contributed by atoms with E-state index >= 15 is 0 Å². The van der Waals surface area contributed by atoms with Crippen molar-refractivity contribution >= 4 is 11.3 Å². The minimum Gasteiger partial charge on any atom is -0.345 e. The molecule has 0 saturated carbocycles. The van der Waals surface area contributed by atoms with Crippen molar-refractivity contribution in [3.8, 4) is 0 Å². The van der Waals surface area contributed by atoms with Gasteiger partial charge in [0.05, 0.1) is 5.51 Å². The molecule has 0 radical (unpaired) electrons. The summed E-state index contributed by atoms with van der Waals surface area (Å²) in [5.41, 5.74) is 3.11. The molecule has 0 bridgehead atoms. The van der Waals surface area contributed by atoms with Gasteiger partial charge >= 0.3 is 0 Å². The van der Waals surface area contributed by atoms with Gasteiger partial charge in [0.2, 0.25) is 0 Å². The first kappa shape index (κ1) is 13.7. The molecule has 2 aromatic rings. The number of hydrogen-bond acceptors (Lipinski definition) is 5. The Morgan fingerprint density at radius 3 is 3.10 bits per heavy atom. The summed E-state index contributed by atoms with van der Waals surface area (Å²) >= 11 is 1.74. The highest BCUT2D eigenvalue weighted by atomic mass is 32.1. The molecule has 1 N–H and O–H groups in total. The molecule has 5 nitrogen and oxygen atoms in total. The Bertz CT molecular complexity index is 534. The molecule has 20 heavy (non-hydrogen) atoms. The van der Waals surface area contributed by atoms with Crippen LogP contribution in [0.1, 0.15) is 28.7 Å². The van der Waals surface area contributed by atoms with Crippen molar-refractivity contribution in [2.45, 2.75) is 25.4 Å². The van der Waals surface area contributed by atoms with Gasteiger partial charge < -0.3 is 9.88 Å². The van der Waals surface area contributed by atoms with Crippen LogP contribution in [0.2, 0.25) is 0 Å². The number of nitrogens with zero attached hydrogens (tertiary/aromatic N) is 4. The van der Waals surface area contributed by atoms with E-state index in [2.05, 4.69) is 38.8 Å². The Kier molecular flexibility index (Phi) is 4.14. The zero-order chi connectivity index (χ0) is 13.9. The van der Waals surface area contributed by atoms with Gasteiger partial charge in [0.1, 0.15) is 5.82 Å². The number of hydrogen-bond donors (Lipinski definition) is 1. The topological polar surface area (TPSA) is 48.1 Å². The number of thiazole rings is 1. The molecule has 0 amide bonds. The lowest BCUT2D eigenvalue weighted by Crippen LogP contribution is -2.19. The number of imidazole rings is 1. The van der Waals surface area contributed by atoms with E-state index in [1.165, 1.54) is 17.0 Å². The number of aromatic amines is 1. The summed E-state index contributed by atoms with van der Waals surface area (Å²) in [6.07, 6.45) is 5.13. The van der Waals surface area contributed by atoms with E-state index in [9.17, 15) is 0 Å². The highest BCUT2D eigenvalue weighted by Crippen LogP contribution is 2.26. The first-order valence-corrected chi connectivity index (χ1v) is 7.87. The summed E-state index contributed by atoms with van der Waals surface area (Å²) in [6.45, 7) is 4.18. The maximum atomic E-state index is 4.56. The number of aromatic nitrogens is 3. The van der Waals surface area contributed by atoms with Crippen LogP contribution >= 0.6 is 11.3 Å². The molecule has 3 rings (SSSR count). The van der Waals surface area contributed by atoms with E-state index in [0.717, 1.165) is 32.0 Å². The van der Waals surface area contributed by atoms with Crippen molar-refractivity contribution in [3.05, 3.63) is 34.3 Å². The van der Waals surface area contributed by atoms with Crippen molar-refractivity contribution in [3.63, 3.8) is 0 Å². The summed E-state index contributed by atoms with van der Waals surface area (Å²) in [5, 5.41) is 0. The second kappa shape index (κ2) is 6.03. The fourth-order valence-corrected chi connectivity index (χ4v) is 3.38. The van der Waals surface area contributed by atoms with E-state index in [0.29, 0.717) is 5.92 Å². The monoisotopic (exact) mass is 291 g/mol. The normalized spacial score (nSPS) is 20.1. The third-order valence-electron chi connectivity index (χ3n) is 3.66. The molecule has 2 aromatic heterocycles. The molecule has 0 aromatic carbocycles. The Labute approximate surface area is 123 Å². The van der Waals surface area contributed by atoms with Crippen LogP contribution in [-0.4, -0.2) is 51.9 Å². The van der Waals surface area contributed by atoms with Crippen molar-refractivity contribution in [2.75, 3.05) is 27.2 Å². The zero-order valence-electron chi connectivity index (χ0n) is 12.0. The molecule has 108 valence electrons. The SMILES string of the molecule is CN(C)Cc1cnc(C2CCN(Cc3cncs3)C2)[nH]1. The molecule has 0 aliphatic carbocycles. The summed E-state index contributed by atoms with van der Waals surface area (Å²) in [7, 11) is 4.15. The fraction of sp³-hybridized carbons (Fsp3) is 0.571. The highest BCUT2D eigenvalue weighted by molar-refractivity contribution is 7.09. The zero-order valence-corrected chi connectivity index (χ0v) is 12.9. The van der Waals surface area contributed by atoms with E-state index in [-0.39, 0.29) is 0 Å². The number of H-pyrrole nitrogens is 1. The number of nitrogens with one attached hydrogen (secondary N) is 1. The summed E-state index contributed by atoms with van der Waals surface area (Å²) in [6, 6.07) is 0. The predicted molar refractivity (Wildman–Crippen MR) is 80.7 cm³/mol. The second-order valence-corrected chi connectivity index (χ2v) is 6.69. The lowest BCUT2D eigenvalue weighted by atomic mass is 10.1. The second-order valence-electron chi connectivity index (χ2n) is 5.72. The first-order chi connectivity index (χ1) is 9.70. The lowest BCUT2D eigenvalue weighted by molar-refractivity contribution is 0.328. The van der Waals surface area contributed by atoms with Crippen molar-refractivity contribution in [1.29, 1.82) is 0 Å². The highest BCUT2D eigenvalue weighted by Gasteiger charge is 2.26. The standard InChI is InChI=1S/C14H21N5S/c1-18(2)8-12-5-16-14(17-12)11-3-4-19(7-11)9-13-6-15-10-20-13/h5-6,10-11H,3-4,7-9H2,1-2H3,(H,16,17). The largest absolute Gasteiger partial charge is 0.345 e. The van der Waals surface area contributed by atoms with Crippen LogP contribution in [0.4, 0.5) is 0 Å². The molecule has 3 heterocycles. The molecule has 1 fully saturated rings. The molecular weight excluding hydrogens is 270 g/mol. The van der Waals surface area contributed by atoms with Crippen LogP contribution < -0.4 is 0 Å². The molecule has 6 heteroatoms. The van der Waals surface area contributed by atoms with Crippen LogP contribution in [0, 0.1) is 0 Å². The maximum absolute atomic E-state index is 4.56. The average Bonchev–Trinajstić information content (AvgIpc) is 3.09. The smallest absolute Gasteiger partial charge is 0.110 e. The molecule has 1 unspecified atom stereocenters. The molecule has 0 spiro atoms. The quantitative estimate of drug-likeness (QED) is 0.914. The van der Waals surface area contributed by atoms with E-state index in [4.69, 9.17) is 0 Å². The first-order valence-electron chi connectivity index (χ1n) is 6.99. The Morgan fingerprint density at radius 1 is 1.45 bits per heavy atom. The van der Waals surface area contributed by atoms with Gasteiger partial charge in [0, 0.05) is 48.5 Å². The van der Waals surface area contributed by atoms with Crippen LogP contribution in [0.15, 0.2) is 17.9 Å². The third kappa shape index (κ3) is 3.26. The Hall–Kier alpha value is -1.24. The van der Waals surface area contributed by atoms with Crippen LogP contribution in [0.3, 0.4) is 0 Å². The van der Waals surface area contributed by atoms with Crippen LogP contribution in [0.25, 0.3) is 0 Å². The van der Waals surface area contributed by atoms with Crippen LogP contribution in [-0.2, 0) is 13.1 Å². The number of likely N-dealkylation sites (tertiary alicyclic amines) is 1. The molecule has 1 atom stereocenters. The summed E-state index contributed by atoms with van der Waals surface area (Å²) < 4.78 is 0. The number of rotatable bonds is 5. The average molecular weight is 291 g/mol. The molecule has 1 saturated heterocycles. The van der Waals surface area contributed by atoms with E-state index in [1.54, 1.807) is 11.3 Å². The molecular formula is C14H21N5S. The summed E-state index contributed by atoms with van der Waals surface area (Å²) in [4.78, 5) is 18.2. The van der Waals surface area contributed by atoms with Gasteiger partial charge in [-0.25, -0.2) is 4.98 Å². The van der Waals surface area contributed by atoms with E-state index < -0.39 is 0 Å². The van der Waals surface area contributed by atoms with E-state index in [1.807, 2.05) is 17.9 Å². The molecule has 1 aliphatic heterocycles. The van der Waals surface area contributed by atoms with Gasteiger partial charge in [0.15, 0.2) is 0 Å².